The highest BCUT2D eigenvalue weighted by molar-refractivity contribution is 8.00. The highest BCUT2D eigenvalue weighted by atomic mass is 32.2. The molecule has 3 rings (SSSR count). The number of benzene rings is 2. The molecule has 0 unspecified atom stereocenters. The monoisotopic (exact) mass is 412 g/mol. The van der Waals surface area contributed by atoms with Crippen molar-refractivity contribution in [2.45, 2.75) is 30.4 Å². The molecule has 0 saturated carbocycles. The lowest BCUT2D eigenvalue weighted by atomic mass is 10.2. The molecule has 1 amide bonds. The quantitative estimate of drug-likeness (QED) is 0.576. The summed E-state index contributed by atoms with van der Waals surface area (Å²) in [6, 6.07) is 14.4. The van der Waals surface area contributed by atoms with Gasteiger partial charge in [0.25, 0.3) is 11.1 Å². The molecule has 9 heteroatoms. The lowest BCUT2D eigenvalue weighted by Crippen LogP contribution is -2.22. The van der Waals surface area contributed by atoms with Gasteiger partial charge in [-0.15, -0.1) is 10.2 Å². The van der Waals surface area contributed by atoms with Gasteiger partial charge in [-0.1, -0.05) is 23.9 Å². The highest BCUT2D eigenvalue weighted by Crippen LogP contribution is 2.27. The third-order valence-corrected chi connectivity index (χ3v) is 4.78. The van der Waals surface area contributed by atoms with Crippen LogP contribution in [0.5, 0.6) is 5.75 Å². The van der Waals surface area contributed by atoms with Gasteiger partial charge in [0.1, 0.15) is 17.6 Å². The SMILES string of the molecule is C[C@H](Oc1ccc(F)cc1)c1nnc(S[C@H](C)C(=O)Nc2ccccc2C#N)o1. The Bertz CT molecular complexity index is 1030. The topological polar surface area (TPSA) is 101 Å². The molecule has 3 aromatic rings. The first kappa shape index (κ1) is 20.4. The van der Waals surface area contributed by atoms with Gasteiger partial charge < -0.3 is 14.5 Å². The first-order valence-corrected chi connectivity index (χ1v) is 9.56. The molecule has 2 atom stereocenters. The van der Waals surface area contributed by atoms with Gasteiger partial charge in [0.2, 0.25) is 5.91 Å². The number of ether oxygens (including phenoxy) is 1. The Kier molecular flexibility index (Phi) is 6.46. The average molecular weight is 412 g/mol. The van der Waals surface area contributed by atoms with Crippen LogP contribution in [0.4, 0.5) is 10.1 Å². The molecule has 0 bridgehead atoms. The lowest BCUT2D eigenvalue weighted by molar-refractivity contribution is -0.115. The normalized spacial score (nSPS) is 12.6. The summed E-state index contributed by atoms with van der Waals surface area (Å²) in [4.78, 5) is 12.4. The molecule has 148 valence electrons. The predicted octanol–water partition coefficient (Wildman–Crippen LogP) is 4.34. The van der Waals surface area contributed by atoms with Crippen molar-refractivity contribution in [3.05, 3.63) is 65.8 Å². The zero-order valence-electron chi connectivity index (χ0n) is 15.6. The largest absolute Gasteiger partial charge is 0.481 e. The second-order valence-corrected chi connectivity index (χ2v) is 7.32. The van der Waals surface area contributed by atoms with Crippen LogP contribution in [0.25, 0.3) is 0 Å². The van der Waals surface area contributed by atoms with E-state index in [4.69, 9.17) is 14.4 Å². The molecular weight excluding hydrogens is 395 g/mol. The van der Waals surface area contributed by atoms with E-state index in [9.17, 15) is 9.18 Å². The third kappa shape index (κ3) is 5.33. The van der Waals surface area contributed by atoms with E-state index >= 15 is 0 Å². The maximum atomic E-state index is 13.0. The van der Waals surface area contributed by atoms with E-state index in [1.165, 1.54) is 24.3 Å². The first-order chi connectivity index (χ1) is 14.0. The second-order valence-electron chi connectivity index (χ2n) is 6.03. The summed E-state index contributed by atoms with van der Waals surface area (Å²) in [5, 5.41) is 19.4. The van der Waals surface area contributed by atoms with Gasteiger partial charge in [0.15, 0.2) is 6.10 Å². The third-order valence-electron chi connectivity index (χ3n) is 3.85. The van der Waals surface area contributed by atoms with Crippen molar-refractivity contribution in [1.29, 1.82) is 5.26 Å². The Morgan fingerprint density at radius 1 is 1.21 bits per heavy atom. The van der Waals surface area contributed by atoms with E-state index in [-0.39, 0.29) is 22.8 Å². The van der Waals surface area contributed by atoms with Crippen molar-refractivity contribution < 1.29 is 18.3 Å². The molecule has 0 aliphatic rings. The van der Waals surface area contributed by atoms with E-state index in [1.807, 2.05) is 6.07 Å². The Morgan fingerprint density at radius 2 is 1.93 bits per heavy atom. The zero-order chi connectivity index (χ0) is 20.8. The Hall–Kier alpha value is -3.38. The first-order valence-electron chi connectivity index (χ1n) is 8.68. The molecule has 0 aliphatic heterocycles. The molecule has 0 spiro atoms. The minimum absolute atomic E-state index is 0.214. The van der Waals surface area contributed by atoms with Crippen molar-refractivity contribution in [1.82, 2.24) is 10.2 Å². The number of rotatable bonds is 7. The molecule has 1 N–H and O–H groups in total. The maximum Gasteiger partial charge on any atom is 0.277 e. The molecule has 0 aliphatic carbocycles. The molecule has 2 aromatic carbocycles. The van der Waals surface area contributed by atoms with Crippen LogP contribution < -0.4 is 10.1 Å². The summed E-state index contributed by atoms with van der Waals surface area (Å²) in [5.74, 6) is 0.0497. The highest BCUT2D eigenvalue weighted by Gasteiger charge is 2.21. The van der Waals surface area contributed by atoms with Crippen LogP contribution in [0.1, 0.15) is 31.4 Å². The maximum absolute atomic E-state index is 13.0. The number of carbonyl (C=O) groups excluding carboxylic acids is 1. The fraction of sp³-hybridized carbons (Fsp3) is 0.200. The summed E-state index contributed by atoms with van der Waals surface area (Å²) < 4.78 is 24.2. The van der Waals surface area contributed by atoms with Crippen LogP contribution in [0.15, 0.2) is 58.2 Å². The fourth-order valence-electron chi connectivity index (χ4n) is 2.33. The number of hydrogen-bond donors (Lipinski definition) is 1. The van der Waals surface area contributed by atoms with Crippen LogP contribution in [0, 0.1) is 17.1 Å². The van der Waals surface area contributed by atoms with E-state index in [0.29, 0.717) is 17.0 Å². The van der Waals surface area contributed by atoms with Crippen LogP contribution in [-0.2, 0) is 4.79 Å². The molecule has 0 fully saturated rings. The van der Waals surface area contributed by atoms with Crippen molar-refractivity contribution in [3.8, 4) is 11.8 Å². The second kappa shape index (κ2) is 9.21. The smallest absolute Gasteiger partial charge is 0.277 e. The summed E-state index contributed by atoms with van der Waals surface area (Å²) in [7, 11) is 0. The minimum Gasteiger partial charge on any atom is -0.481 e. The van der Waals surface area contributed by atoms with Crippen LogP contribution >= 0.6 is 11.8 Å². The number of nitrogens with zero attached hydrogens (tertiary/aromatic N) is 3. The van der Waals surface area contributed by atoms with E-state index in [2.05, 4.69) is 15.5 Å². The van der Waals surface area contributed by atoms with Crippen molar-refractivity contribution >= 4 is 23.4 Å². The summed E-state index contributed by atoms with van der Waals surface area (Å²) >= 11 is 1.09. The van der Waals surface area contributed by atoms with Gasteiger partial charge in [-0.2, -0.15) is 5.26 Å². The molecule has 7 nitrogen and oxygen atoms in total. The standard InChI is InChI=1S/C20H17FN4O3S/c1-12(27-16-9-7-15(21)8-10-16)19-24-25-20(28-19)29-13(2)18(26)23-17-6-4-3-5-14(17)11-22/h3-10,12-13H,1-2H3,(H,23,26)/t12-,13+/m0/s1. The van der Waals surface area contributed by atoms with E-state index in [0.717, 1.165) is 11.8 Å². The van der Waals surface area contributed by atoms with E-state index in [1.54, 1.807) is 38.1 Å². The number of amides is 1. The molecule has 29 heavy (non-hydrogen) atoms. The number of para-hydroxylation sites is 1. The number of hydrogen-bond acceptors (Lipinski definition) is 7. The molecule has 0 radical (unpaired) electrons. The van der Waals surface area contributed by atoms with Crippen molar-refractivity contribution in [2.75, 3.05) is 5.32 Å². The van der Waals surface area contributed by atoms with Gasteiger partial charge in [0, 0.05) is 0 Å². The number of anilines is 1. The molecule has 1 aromatic heterocycles. The summed E-state index contributed by atoms with van der Waals surface area (Å²) in [6.45, 7) is 3.41. The van der Waals surface area contributed by atoms with Crippen LogP contribution in [0.2, 0.25) is 0 Å². The number of nitrogens with one attached hydrogen (secondary N) is 1. The van der Waals surface area contributed by atoms with Crippen molar-refractivity contribution in [2.24, 2.45) is 0 Å². The minimum atomic E-state index is -0.547. The van der Waals surface area contributed by atoms with Crippen molar-refractivity contribution in [3.63, 3.8) is 0 Å². The predicted molar refractivity (Wildman–Crippen MR) is 105 cm³/mol. The lowest BCUT2D eigenvalue weighted by Gasteiger charge is -2.11. The Balaban J connectivity index is 1.59. The van der Waals surface area contributed by atoms with Gasteiger partial charge in [0.05, 0.1) is 16.5 Å². The molecule has 1 heterocycles. The number of nitriles is 1. The average Bonchev–Trinajstić information content (AvgIpc) is 3.18. The zero-order valence-corrected chi connectivity index (χ0v) is 16.4. The molecule has 0 saturated heterocycles. The number of carbonyl (C=O) groups is 1. The van der Waals surface area contributed by atoms with E-state index < -0.39 is 11.4 Å². The fourth-order valence-corrected chi connectivity index (χ4v) is 3.02. The number of halogens is 1. The summed E-state index contributed by atoms with van der Waals surface area (Å²) in [6.07, 6.45) is -0.547. The van der Waals surface area contributed by atoms with Crippen LogP contribution in [-0.4, -0.2) is 21.4 Å². The van der Waals surface area contributed by atoms with Gasteiger partial charge in [-0.25, -0.2) is 4.39 Å². The Morgan fingerprint density at radius 3 is 2.66 bits per heavy atom. The number of thioether (sulfide) groups is 1. The Labute approximate surface area is 170 Å². The van der Waals surface area contributed by atoms with Gasteiger partial charge >= 0.3 is 0 Å². The number of aromatic nitrogens is 2. The summed E-state index contributed by atoms with van der Waals surface area (Å²) in [5.41, 5.74) is 0.824. The van der Waals surface area contributed by atoms with Gasteiger partial charge in [-0.3, -0.25) is 4.79 Å². The van der Waals surface area contributed by atoms with Gasteiger partial charge in [-0.05, 0) is 50.2 Å². The van der Waals surface area contributed by atoms with Crippen LogP contribution in [0.3, 0.4) is 0 Å². The molecular formula is C20H17FN4O3S.